The number of aryl methyl sites for hydroxylation is 2. The summed E-state index contributed by atoms with van der Waals surface area (Å²) >= 11 is 0. The van der Waals surface area contributed by atoms with E-state index in [0.29, 0.717) is 9.79 Å². The highest BCUT2D eigenvalue weighted by atomic mass is 32.2. The van der Waals surface area contributed by atoms with Gasteiger partial charge in [0.05, 0.1) is 9.79 Å². The molecule has 1 aliphatic heterocycles. The molecule has 2 aromatic carbocycles. The summed E-state index contributed by atoms with van der Waals surface area (Å²) in [6, 6.07) is 14.6. The zero-order valence-corrected chi connectivity index (χ0v) is 10.1. The molecule has 0 saturated heterocycles. The summed E-state index contributed by atoms with van der Waals surface area (Å²) in [7, 11) is -3.34. The fourth-order valence-corrected chi connectivity index (χ4v) is 4.12. The first kappa shape index (κ1) is 10.5. The van der Waals surface area contributed by atoms with E-state index < -0.39 is 9.84 Å². The summed E-state index contributed by atoms with van der Waals surface area (Å²) in [4.78, 5) is 0.926. The Labute approximate surface area is 101 Å². The second-order valence-corrected chi connectivity index (χ2v) is 6.11. The molecular weight excluding hydrogens is 232 g/mol. The van der Waals surface area contributed by atoms with Gasteiger partial charge in [-0.2, -0.15) is 0 Å². The zero-order chi connectivity index (χ0) is 11.9. The first-order valence-corrected chi connectivity index (χ1v) is 7.09. The molecule has 0 amide bonds. The van der Waals surface area contributed by atoms with Crippen molar-refractivity contribution >= 4 is 9.84 Å². The lowest BCUT2D eigenvalue weighted by Gasteiger charge is -2.06. The van der Waals surface area contributed by atoms with Crippen molar-refractivity contribution in [3.63, 3.8) is 0 Å². The minimum atomic E-state index is -3.34. The number of hydrogen-bond donors (Lipinski definition) is 0. The third-order valence-corrected chi connectivity index (χ3v) is 5.14. The van der Waals surface area contributed by atoms with E-state index >= 15 is 0 Å². The number of fused-ring (bicyclic) bond motifs is 2. The lowest BCUT2D eigenvalue weighted by molar-refractivity contribution is 0.595. The largest absolute Gasteiger partial charge is 0.218 e. The lowest BCUT2D eigenvalue weighted by atomic mass is 10.0. The summed E-state index contributed by atoms with van der Waals surface area (Å²) < 4.78 is 25.0. The van der Waals surface area contributed by atoms with Gasteiger partial charge in [-0.25, -0.2) is 8.42 Å². The summed E-state index contributed by atoms with van der Waals surface area (Å²) in [6.45, 7) is 0. The van der Waals surface area contributed by atoms with Crippen LogP contribution >= 0.6 is 0 Å². The van der Waals surface area contributed by atoms with Crippen molar-refractivity contribution in [1.82, 2.24) is 0 Å². The normalized spacial score (nSPS) is 16.7. The lowest BCUT2D eigenvalue weighted by Crippen LogP contribution is -2.04. The highest BCUT2D eigenvalue weighted by Gasteiger charge is 2.26. The summed E-state index contributed by atoms with van der Waals surface area (Å²) in [5, 5.41) is 0. The Kier molecular flexibility index (Phi) is 2.30. The van der Waals surface area contributed by atoms with Gasteiger partial charge < -0.3 is 0 Å². The van der Waals surface area contributed by atoms with Crippen LogP contribution < -0.4 is 0 Å². The molecular formula is C14H12O2S. The predicted octanol–water partition coefficient (Wildman–Crippen LogP) is 2.62. The first-order chi connectivity index (χ1) is 8.19. The molecule has 0 saturated carbocycles. The fourth-order valence-electron chi connectivity index (χ4n) is 2.33. The van der Waals surface area contributed by atoms with Crippen LogP contribution in [-0.4, -0.2) is 8.42 Å². The molecule has 3 heteroatoms. The number of hydrogen-bond acceptors (Lipinski definition) is 2. The molecule has 0 aromatic heterocycles. The van der Waals surface area contributed by atoms with Crippen LogP contribution in [0.1, 0.15) is 11.1 Å². The molecule has 0 fully saturated rings. The van der Waals surface area contributed by atoms with Gasteiger partial charge >= 0.3 is 0 Å². The van der Waals surface area contributed by atoms with E-state index in [1.807, 2.05) is 24.3 Å². The Balaban J connectivity index is 2.35. The van der Waals surface area contributed by atoms with Crippen LogP contribution in [0.15, 0.2) is 58.3 Å². The smallest absolute Gasteiger partial charge is 0.207 e. The van der Waals surface area contributed by atoms with Crippen LogP contribution in [0.25, 0.3) is 0 Å². The van der Waals surface area contributed by atoms with Crippen molar-refractivity contribution in [3.05, 3.63) is 59.7 Å². The molecule has 1 aliphatic rings. The number of benzene rings is 2. The molecule has 86 valence electrons. The molecule has 0 N–H and O–H groups in total. The molecule has 0 spiro atoms. The molecule has 0 aliphatic carbocycles. The molecule has 0 atom stereocenters. The SMILES string of the molecule is O=S1(=O)c2ccccc2CCc2ccccc21. The molecule has 2 aromatic rings. The standard InChI is InChI=1S/C14H12O2S/c15-17(16)13-7-3-1-5-11(13)9-10-12-6-2-4-8-14(12)17/h1-8H,9-10H2. The van der Waals surface area contributed by atoms with Crippen molar-refractivity contribution in [2.45, 2.75) is 22.6 Å². The maximum Gasteiger partial charge on any atom is 0.207 e. The van der Waals surface area contributed by atoms with E-state index in [1.165, 1.54) is 0 Å². The highest BCUT2D eigenvalue weighted by molar-refractivity contribution is 7.91. The summed E-state index contributed by atoms with van der Waals surface area (Å²) in [6.07, 6.45) is 1.57. The second-order valence-electron chi connectivity index (χ2n) is 4.22. The average Bonchev–Trinajstić information content (AvgIpc) is 2.47. The van der Waals surface area contributed by atoms with Gasteiger partial charge in [-0.3, -0.25) is 0 Å². The Morgan fingerprint density at radius 2 is 1.12 bits per heavy atom. The third kappa shape index (κ3) is 1.58. The van der Waals surface area contributed by atoms with Gasteiger partial charge in [0.15, 0.2) is 0 Å². The second kappa shape index (κ2) is 3.70. The third-order valence-electron chi connectivity index (χ3n) is 3.19. The van der Waals surface area contributed by atoms with E-state index in [4.69, 9.17) is 0 Å². The molecule has 0 radical (unpaired) electrons. The Hall–Kier alpha value is -1.61. The van der Waals surface area contributed by atoms with Crippen LogP contribution in [0.2, 0.25) is 0 Å². The molecule has 1 heterocycles. The average molecular weight is 244 g/mol. The van der Waals surface area contributed by atoms with Gasteiger partial charge in [-0.05, 0) is 36.1 Å². The topological polar surface area (TPSA) is 34.1 Å². The predicted molar refractivity (Wildman–Crippen MR) is 65.7 cm³/mol. The van der Waals surface area contributed by atoms with Crippen molar-refractivity contribution < 1.29 is 8.42 Å². The maximum atomic E-state index is 12.5. The molecule has 0 unspecified atom stereocenters. The van der Waals surface area contributed by atoms with E-state index in [1.54, 1.807) is 24.3 Å². The van der Waals surface area contributed by atoms with E-state index in [9.17, 15) is 8.42 Å². The Morgan fingerprint density at radius 1 is 0.706 bits per heavy atom. The van der Waals surface area contributed by atoms with Gasteiger partial charge in [-0.15, -0.1) is 0 Å². The quantitative estimate of drug-likeness (QED) is 0.714. The van der Waals surface area contributed by atoms with E-state index in [2.05, 4.69) is 0 Å². The van der Waals surface area contributed by atoms with Crippen LogP contribution in [0.3, 0.4) is 0 Å². The molecule has 0 bridgehead atoms. The van der Waals surface area contributed by atoms with Crippen molar-refractivity contribution in [1.29, 1.82) is 0 Å². The van der Waals surface area contributed by atoms with Gasteiger partial charge in [0.25, 0.3) is 0 Å². The molecule has 17 heavy (non-hydrogen) atoms. The van der Waals surface area contributed by atoms with Crippen LogP contribution in [0.4, 0.5) is 0 Å². The van der Waals surface area contributed by atoms with Gasteiger partial charge in [0.2, 0.25) is 9.84 Å². The van der Waals surface area contributed by atoms with Gasteiger partial charge in [-0.1, -0.05) is 36.4 Å². The van der Waals surface area contributed by atoms with Gasteiger partial charge in [0, 0.05) is 0 Å². The molecule has 2 nitrogen and oxygen atoms in total. The van der Waals surface area contributed by atoms with Crippen molar-refractivity contribution in [2.75, 3.05) is 0 Å². The minimum absolute atomic E-state index is 0.463. The first-order valence-electron chi connectivity index (χ1n) is 5.60. The van der Waals surface area contributed by atoms with Crippen molar-refractivity contribution in [3.8, 4) is 0 Å². The number of sulfone groups is 1. The van der Waals surface area contributed by atoms with Crippen molar-refractivity contribution in [2.24, 2.45) is 0 Å². The Morgan fingerprint density at radius 3 is 1.59 bits per heavy atom. The monoisotopic (exact) mass is 244 g/mol. The van der Waals surface area contributed by atoms with E-state index in [0.717, 1.165) is 24.0 Å². The summed E-state index contributed by atoms with van der Waals surface area (Å²) in [5.41, 5.74) is 1.84. The number of rotatable bonds is 0. The molecule has 3 rings (SSSR count). The highest BCUT2D eigenvalue weighted by Crippen LogP contribution is 2.31. The van der Waals surface area contributed by atoms with Gasteiger partial charge in [0.1, 0.15) is 0 Å². The fraction of sp³-hybridized carbons (Fsp3) is 0.143. The van der Waals surface area contributed by atoms with Crippen LogP contribution in [-0.2, 0) is 22.7 Å². The minimum Gasteiger partial charge on any atom is -0.218 e. The Bertz CT molecular complexity index is 619. The van der Waals surface area contributed by atoms with Crippen LogP contribution in [0.5, 0.6) is 0 Å². The zero-order valence-electron chi connectivity index (χ0n) is 9.26. The van der Waals surface area contributed by atoms with E-state index in [-0.39, 0.29) is 0 Å². The van der Waals surface area contributed by atoms with Crippen LogP contribution in [0, 0.1) is 0 Å². The summed E-state index contributed by atoms with van der Waals surface area (Å²) in [5.74, 6) is 0. The maximum absolute atomic E-state index is 12.5.